The van der Waals surface area contributed by atoms with Gasteiger partial charge in [0.25, 0.3) is 0 Å². The van der Waals surface area contributed by atoms with E-state index in [2.05, 4.69) is 78.0 Å². The van der Waals surface area contributed by atoms with Crippen LogP contribution in [0, 0.1) is 25.2 Å². The molecule has 0 unspecified atom stereocenters. The van der Waals surface area contributed by atoms with Crippen LogP contribution < -0.4 is 0 Å². The molecular weight excluding hydrogens is 354 g/mol. The van der Waals surface area contributed by atoms with E-state index in [0.29, 0.717) is 5.56 Å². The van der Waals surface area contributed by atoms with E-state index in [4.69, 9.17) is 0 Å². The lowest BCUT2D eigenvalue weighted by Crippen LogP contribution is -1.99. The molecule has 0 bridgehead atoms. The largest absolute Gasteiger partial charge is 0.309 e. The number of benzene rings is 3. The fourth-order valence-corrected chi connectivity index (χ4v) is 4.15. The molecule has 0 atom stereocenters. The highest BCUT2D eigenvalue weighted by atomic mass is 15.0. The van der Waals surface area contributed by atoms with Crippen LogP contribution in [0.3, 0.4) is 0 Å². The molecule has 29 heavy (non-hydrogen) atoms. The number of fused-ring (bicyclic) bond motifs is 3. The summed E-state index contributed by atoms with van der Waals surface area (Å²) in [4.78, 5) is 4.12. The van der Waals surface area contributed by atoms with Crippen LogP contribution in [0.4, 0.5) is 0 Å². The molecule has 5 aromatic rings. The number of hydrogen-bond donors (Lipinski definition) is 0. The zero-order valence-electron chi connectivity index (χ0n) is 16.3. The van der Waals surface area contributed by atoms with Crippen molar-refractivity contribution in [2.24, 2.45) is 0 Å². The quantitative estimate of drug-likeness (QED) is 0.362. The summed E-state index contributed by atoms with van der Waals surface area (Å²) in [5.41, 5.74) is 8.34. The second-order valence-corrected chi connectivity index (χ2v) is 7.41. The lowest BCUT2D eigenvalue weighted by Gasteiger charge is -2.15. The third-order valence-electron chi connectivity index (χ3n) is 5.52. The average molecular weight is 373 g/mol. The first-order chi connectivity index (χ1) is 14.2. The Morgan fingerprint density at radius 3 is 2.38 bits per heavy atom. The molecule has 138 valence electrons. The molecule has 0 N–H and O–H groups in total. The summed E-state index contributed by atoms with van der Waals surface area (Å²) >= 11 is 0. The normalized spacial score (nSPS) is 11.1. The Hall–Kier alpha value is -3.90. The number of hydrogen-bond acceptors (Lipinski definition) is 2. The molecule has 0 aliphatic rings. The van der Waals surface area contributed by atoms with Crippen molar-refractivity contribution >= 4 is 21.8 Å². The summed E-state index contributed by atoms with van der Waals surface area (Å²) < 4.78 is 2.31. The monoisotopic (exact) mass is 373 g/mol. The van der Waals surface area contributed by atoms with E-state index in [9.17, 15) is 5.26 Å². The Morgan fingerprint density at radius 2 is 1.59 bits per heavy atom. The molecule has 0 saturated carbocycles. The van der Waals surface area contributed by atoms with Crippen molar-refractivity contribution in [2.75, 3.05) is 0 Å². The van der Waals surface area contributed by atoms with Gasteiger partial charge < -0.3 is 4.57 Å². The Bertz CT molecular complexity index is 1420. The molecule has 0 saturated heterocycles. The Kier molecular flexibility index (Phi) is 3.93. The van der Waals surface area contributed by atoms with Crippen molar-refractivity contribution in [2.45, 2.75) is 13.8 Å². The smallest absolute Gasteiger partial charge is 0.0998 e. The Morgan fingerprint density at radius 1 is 0.828 bits per heavy atom. The van der Waals surface area contributed by atoms with Crippen molar-refractivity contribution in [1.82, 2.24) is 9.55 Å². The third kappa shape index (κ3) is 2.69. The maximum absolute atomic E-state index is 9.73. The zero-order valence-corrected chi connectivity index (χ0v) is 16.3. The summed E-state index contributed by atoms with van der Waals surface area (Å²) in [6.45, 7) is 4.20. The van der Waals surface area contributed by atoms with Gasteiger partial charge in [-0.25, -0.2) is 0 Å². The molecule has 3 aromatic carbocycles. The first-order valence-corrected chi connectivity index (χ1v) is 9.62. The van der Waals surface area contributed by atoms with E-state index in [0.717, 1.165) is 22.4 Å². The Balaban J connectivity index is 1.89. The van der Waals surface area contributed by atoms with Gasteiger partial charge in [0.1, 0.15) is 0 Å². The highest BCUT2D eigenvalue weighted by Gasteiger charge is 2.16. The molecule has 0 spiro atoms. The van der Waals surface area contributed by atoms with E-state index in [1.54, 1.807) is 12.4 Å². The summed E-state index contributed by atoms with van der Waals surface area (Å²) in [7, 11) is 0. The number of pyridine rings is 1. The summed E-state index contributed by atoms with van der Waals surface area (Å²) in [5.74, 6) is 0. The second-order valence-electron chi connectivity index (χ2n) is 7.41. The molecule has 2 aromatic heterocycles. The van der Waals surface area contributed by atoms with Crippen LogP contribution in [0.5, 0.6) is 0 Å². The molecule has 0 aliphatic heterocycles. The van der Waals surface area contributed by atoms with E-state index in [-0.39, 0.29) is 0 Å². The van der Waals surface area contributed by atoms with Gasteiger partial charge in [-0.15, -0.1) is 0 Å². The van der Waals surface area contributed by atoms with Crippen LogP contribution in [0.15, 0.2) is 79.1 Å². The molecule has 2 heterocycles. The topological polar surface area (TPSA) is 41.6 Å². The van der Waals surface area contributed by atoms with Crippen LogP contribution >= 0.6 is 0 Å². The fourth-order valence-electron chi connectivity index (χ4n) is 4.15. The van der Waals surface area contributed by atoms with Gasteiger partial charge in [0.2, 0.25) is 0 Å². The lowest BCUT2D eigenvalue weighted by molar-refractivity contribution is 1.15. The van der Waals surface area contributed by atoms with Gasteiger partial charge in [0.15, 0.2) is 0 Å². The molecule has 3 nitrogen and oxygen atoms in total. The highest BCUT2D eigenvalue weighted by molar-refractivity contribution is 6.09. The lowest BCUT2D eigenvalue weighted by atomic mass is 9.97. The molecular formula is C26H19N3. The van der Waals surface area contributed by atoms with Crippen molar-refractivity contribution in [1.29, 1.82) is 5.26 Å². The molecule has 5 rings (SSSR count). The van der Waals surface area contributed by atoms with Crippen LogP contribution in [0.25, 0.3) is 38.6 Å². The maximum Gasteiger partial charge on any atom is 0.0998 e. The van der Waals surface area contributed by atoms with Gasteiger partial charge in [-0.2, -0.15) is 5.26 Å². The number of para-hydroxylation sites is 1. The second kappa shape index (κ2) is 6.61. The number of rotatable bonds is 2. The van der Waals surface area contributed by atoms with E-state index < -0.39 is 0 Å². The van der Waals surface area contributed by atoms with E-state index in [1.165, 1.54) is 27.4 Å². The minimum atomic E-state index is 0.675. The van der Waals surface area contributed by atoms with Crippen LogP contribution in [0.2, 0.25) is 0 Å². The number of nitriles is 1. The fraction of sp³-hybridized carbons (Fsp3) is 0.0769. The predicted octanol–water partition coefficient (Wildman–Crippen LogP) is 6.33. The molecule has 0 aliphatic carbocycles. The minimum absolute atomic E-state index is 0.675. The highest BCUT2D eigenvalue weighted by Crippen LogP contribution is 2.36. The van der Waals surface area contributed by atoms with Crippen molar-refractivity contribution in [3.63, 3.8) is 0 Å². The summed E-state index contributed by atoms with van der Waals surface area (Å²) in [6.07, 6.45) is 3.53. The van der Waals surface area contributed by atoms with Crippen LogP contribution in [-0.2, 0) is 0 Å². The van der Waals surface area contributed by atoms with Crippen molar-refractivity contribution < 1.29 is 0 Å². The standard InChI is InChI=1S/C26H19N3/c1-17-7-8-25-23(13-17)21-5-3-4-6-24(21)29(25)26-15-22(19-9-11-28-12-10-19)20(16-27)14-18(26)2/h3-15H,1-2H3. The van der Waals surface area contributed by atoms with E-state index >= 15 is 0 Å². The van der Waals surface area contributed by atoms with Gasteiger partial charge in [-0.05, 0) is 67.4 Å². The third-order valence-corrected chi connectivity index (χ3v) is 5.52. The zero-order chi connectivity index (χ0) is 20.0. The minimum Gasteiger partial charge on any atom is -0.309 e. The average Bonchev–Trinajstić information content (AvgIpc) is 3.07. The Labute approximate surface area is 169 Å². The first kappa shape index (κ1) is 17.2. The maximum atomic E-state index is 9.73. The van der Waals surface area contributed by atoms with Crippen molar-refractivity contribution in [3.8, 4) is 22.9 Å². The van der Waals surface area contributed by atoms with Crippen LogP contribution in [0.1, 0.15) is 16.7 Å². The predicted molar refractivity (Wildman–Crippen MR) is 118 cm³/mol. The van der Waals surface area contributed by atoms with Crippen LogP contribution in [-0.4, -0.2) is 9.55 Å². The van der Waals surface area contributed by atoms with Gasteiger partial charge in [-0.1, -0.05) is 29.8 Å². The summed E-state index contributed by atoms with van der Waals surface area (Å²) in [6, 6.07) is 25.5. The number of aromatic nitrogens is 2. The van der Waals surface area contributed by atoms with Gasteiger partial charge >= 0.3 is 0 Å². The number of nitrogens with zero attached hydrogens (tertiary/aromatic N) is 3. The van der Waals surface area contributed by atoms with Gasteiger partial charge in [0, 0.05) is 34.4 Å². The SMILES string of the molecule is Cc1ccc2c(c1)c1ccccc1n2-c1cc(-c2ccncc2)c(C#N)cc1C. The van der Waals surface area contributed by atoms with E-state index in [1.807, 2.05) is 18.2 Å². The molecule has 0 radical (unpaired) electrons. The summed E-state index contributed by atoms with van der Waals surface area (Å²) in [5, 5.41) is 12.2. The molecule has 0 amide bonds. The van der Waals surface area contributed by atoms with Gasteiger partial charge in [-0.3, -0.25) is 4.98 Å². The van der Waals surface area contributed by atoms with Gasteiger partial charge in [0.05, 0.1) is 22.7 Å². The first-order valence-electron chi connectivity index (χ1n) is 9.62. The molecule has 0 fully saturated rings. The molecule has 3 heteroatoms. The van der Waals surface area contributed by atoms with Crippen molar-refractivity contribution in [3.05, 3.63) is 95.8 Å². The number of aryl methyl sites for hydroxylation is 2.